The molecule has 0 spiro atoms. The Balaban J connectivity index is 2.25. The fraction of sp³-hybridized carbons (Fsp3) is 0.300. The Labute approximate surface area is 81.1 Å². The van der Waals surface area contributed by atoms with Gasteiger partial charge in [0, 0.05) is 5.25 Å². The molecule has 0 N–H and O–H groups in total. The van der Waals surface area contributed by atoms with Gasteiger partial charge in [0.05, 0.1) is 11.6 Å². The number of benzene rings is 1. The number of hydrogen-bond donors (Lipinski definition) is 0. The molecule has 1 nitrogen and oxygen atoms in total. The molecular weight excluding hydrogens is 185 g/mol. The summed E-state index contributed by atoms with van der Waals surface area (Å²) in [7, 11) is 0. The van der Waals surface area contributed by atoms with Crippen LogP contribution in [0.3, 0.4) is 0 Å². The van der Waals surface area contributed by atoms with Crippen LogP contribution in [0.1, 0.15) is 18.5 Å². The van der Waals surface area contributed by atoms with E-state index in [-0.39, 0.29) is 11.9 Å². The van der Waals surface area contributed by atoms with E-state index in [0.717, 1.165) is 5.56 Å². The summed E-state index contributed by atoms with van der Waals surface area (Å²) in [5.41, 5.74) is 2.97. The van der Waals surface area contributed by atoms with Gasteiger partial charge in [-0.3, -0.25) is 4.99 Å². The molecule has 13 heavy (non-hydrogen) atoms. The molecule has 0 radical (unpaired) electrons. The largest absolute Gasteiger partial charge is 0.277 e. The van der Waals surface area contributed by atoms with Gasteiger partial charge < -0.3 is 0 Å². The third-order valence-electron chi connectivity index (χ3n) is 2.15. The Kier molecular flexibility index (Phi) is 2.36. The van der Waals surface area contributed by atoms with E-state index in [1.54, 1.807) is 23.9 Å². The smallest absolute Gasteiger partial charge is 0.123 e. The van der Waals surface area contributed by atoms with Crippen molar-refractivity contribution in [2.45, 2.75) is 18.2 Å². The first-order chi connectivity index (χ1) is 6.27. The number of halogens is 1. The maximum atomic E-state index is 12.6. The second-order valence-electron chi connectivity index (χ2n) is 3.09. The standard InChI is InChI=1S/C10H10FNS/c1-7-10(12-6-13-7)8-2-4-9(11)5-3-8/h2-7,10H,1H3. The maximum absolute atomic E-state index is 12.6. The summed E-state index contributed by atoms with van der Waals surface area (Å²) in [6.45, 7) is 2.13. The fourth-order valence-corrected chi connectivity index (χ4v) is 2.18. The van der Waals surface area contributed by atoms with Crippen LogP contribution < -0.4 is 0 Å². The van der Waals surface area contributed by atoms with Crippen molar-refractivity contribution >= 4 is 17.3 Å². The van der Waals surface area contributed by atoms with Crippen molar-refractivity contribution in [2.24, 2.45) is 4.99 Å². The zero-order valence-corrected chi connectivity index (χ0v) is 8.09. The lowest BCUT2D eigenvalue weighted by atomic mass is 10.1. The lowest BCUT2D eigenvalue weighted by molar-refractivity contribution is 0.625. The summed E-state index contributed by atoms with van der Waals surface area (Å²) in [4.78, 5) is 4.33. The summed E-state index contributed by atoms with van der Waals surface area (Å²) in [6.07, 6.45) is 0. The van der Waals surface area contributed by atoms with Gasteiger partial charge in [0.1, 0.15) is 5.82 Å². The van der Waals surface area contributed by atoms with Gasteiger partial charge in [0.15, 0.2) is 0 Å². The number of nitrogens with zero attached hydrogens (tertiary/aromatic N) is 1. The lowest BCUT2D eigenvalue weighted by Crippen LogP contribution is -2.04. The lowest BCUT2D eigenvalue weighted by Gasteiger charge is -2.12. The molecule has 1 aliphatic rings. The van der Waals surface area contributed by atoms with Crippen molar-refractivity contribution in [1.82, 2.24) is 0 Å². The Morgan fingerprint density at radius 2 is 2.00 bits per heavy atom. The quantitative estimate of drug-likeness (QED) is 0.671. The van der Waals surface area contributed by atoms with Gasteiger partial charge in [-0.1, -0.05) is 19.1 Å². The predicted octanol–water partition coefficient (Wildman–Crippen LogP) is 3.03. The van der Waals surface area contributed by atoms with Crippen molar-refractivity contribution in [1.29, 1.82) is 0 Å². The first-order valence-electron chi connectivity index (χ1n) is 4.20. The average molecular weight is 195 g/mol. The molecule has 0 fully saturated rings. The first-order valence-corrected chi connectivity index (χ1v) is 5.14. The summed E-state index contributed by atoms with van der Waals surface area (Å²) < 4.78 is 12.6. The van der Waals surface area contributed by atoms with E-state index in [9.17, 15) is 4.39 Å². The molecule has 2 rings (SSSR count). The summed E-state index contributed by atoms with van der Waals surface area (Å²) >= 11 is 1.72. The molecule has 0 saturated carbocycles. The normalized spacial score (nSPS) is 26.6. The van der Waals surface area contributed by atoms with Crippen LogP contribution in [0.4, 0.5) is 4.39 Å². The highest BCUT2D eigenvalue weighted by Gasteiger charge is 2.21. The molecule has 1 aliphatic heterocycles. The molecule has 1 aromatic carbocycles. The molecule has 68 valence electrons. The van der Waals surface area contributed by atoms with Crippen LogP contribution in [-0.4, -0.2) is 10.8 Å². The van der Waals surface area contributed by atoms with E-state index in [2.05, 4.69) is 11.9 Å². The van der Waals surface area contributed by atoms with E-state index < -0.39 is 0 Å². The second kappa shape index (κ2) is 3.50. The van der Waals surface area contributed by atoms with Gasteiger partial charge in [-0.05, 0) is 17.7 Å². The second-order valence-corrected chi connectivity index (χ2v) is 4.32. The number of rotatable bonds is 1. The van der Waals surface area contributed by atoms with Crippen LogP contribution in [0.15, 0.2) is 29.3 Å². The molecule has 0 bridgehead atoms. The summed E-state index contributed by atoms with van der Waals surface area (Å²) in [5, 5.41) is 0.463. The minimum atomic E-state index is -0.189. The molecule has 3 heteroatoms. The third kappa shape index (κ3) is 1.75. The molecule has 1 heterocycles. The third-order valence-corrected chi connectivity index (χ3v) is 3.08. The predicted molar refractivity (Wildman–Crippen MR) is 54.7 cm³/mol. The fourth-order valence-electron chi connectivity index (χ4n) is 1.41. The van der Waals surface area contributed by atoms with Crippen LogP contribution in [0.5, 0.6) is 0 Å². The Morgan fingerprint density at radius 1 is 1.31 bits per heavy atom. The van der Waals surface area contributed by atoms with Crippen LogP contribution in [0, 0.1) is 5.82 Å². The molecule has 0 amide bonds. The number of thioether (sulfide) groups is 1. The van der Waals surface area contributed by atoms with Crippen molar-refractivity contribution < 1.29 is 4.39 Å². The van der Waals surface area contributed by atoms with E-state index in [0.29, 0.717) is 5.25 Å². The van der Waals surface area contributed by atoms with Crippen LogP contribution in [0.25, 0.3) is 0 Å². The van der Waals surface area contributed by atoms with Gasteiger partial charge in [-0.2, -0.15) is 0 Å². The van der Waals surface area contributed by atoms with Crippen molar-refractivity contribution in [2.75, 3.05) is 0 Å². The molecule has 0 aliphatic carbocycles. The highest BCUT2D eigenvalue weighted by Crippen LogP contribution is 2.33. The zero-order chi connectivity index (χ0) is 9.26. The molecular formula is C10H10FNS. The molecule has 0 saturated heterocycles. The van der Waals surface area contributed by atoms with Gasteiger partial charge >= 0.3 is 0 Å². The van der Waals surface area contributed by atoms with E-state index in [4.69, 9.17) is 0 Å². The maximum Gasteiger partial charge on any atom is 0.123 e. The Hall–Kier alpha value is -0.830. The number of aliphatic imine (C=N–C) groups is 1. The average Bonchev–Trinajstić information content (AvgIpc) is 2.53. The van der Waals surface area contributed by atoms with E-state index in [1.807, 2.05) is 5.55 Å². The van der Waals surface area contributed by atoms with Crippen molar-refractivity contribution in [3.8, 4) is 0 Å². The van der Waals surface area contributed by atoms with Crippen LogP contribution in [-0.2, 0) is 0 Å². The van der Waals surface area contributed by atoms with Gasteiger partial charge in [0.25, 0.3) is 0 Å². The van der Waals surface area contributed by atoms with Crippen LogP contribution >= 0.6 is 11.8 Å². The van der Waals surface area contributed by atoms with Gasteiger partial charge in [-0.15, -0.1) is 11.8 Å². The van der Waals surface area contributed by atoms with Crippen LogP contribution in [0.2, 0.25) is 0 Å². The minimum absolute atomic E-state index is 0.189. The van der Waals surface area contributed by atoms with Crippen molar-refractivity contribution in [3.63, 3.8) is 0 Å². The number of hydrogen-bond acceptors (Lipinski definition) is 2. The monoisotopic (exact) mass is 195 g/mol. The van der Waals surface area contributed by atoms with E-state index >= 15 is 0 Å². The highest BCUT2D eigenvalue weighted by atomic mass is 32.2. The minimum Gasteiger partial charge on any atom is -0.277 e. The molecule has 2 unspecified atom stereocenters. The van der Waals surface area contributed by atoms with Gasteiger partial charge in [-0.25, -0.2) is 4.39 Å². The highest BCUT2D eigenvalue weighted by molar-refractivity contribution is 8.12. The van der Waals surface area contributed by atoms with Crippen molar-refractivity contribution in [3.05, 3.63) is 35.6 Å². The topological polar surface area (TPSA) is 12.4 Å². The summed E-state index contributed by atoms with van der Waals surface area (Å²) in [5.74, 6) is -0.189. The van der Waals surface area contributed by atoms with E-state index in [1.165, 1.54) is 12.1 Å². The zero-order valence-electron chi connectivity index (χ0n) is 7.27. The first kappa shape index (κ1) is 8.75. The Morgan fingerprint density at radius 3 is 2.54 bits per heavy atom. The van der Waals surface area contributed by atoms with Gasteiger partial charge in [0.2, 0.25) is 0 Å². The Bertz CT molecular complexity index is 320. The summed E-state index contributed by atoms with van der Waals surface area (Å²) in [6, 6.07) is 6.78. The molecule has 0 aromatic heterocycles. The molecule has 2 atom stereocenters. The molecule has 1 aromatic rings. The SMILES string of the molecule is CC1SC=NC1c1ccc(F)cc1.